The number of aliphatic imine (C=N–C) groups is 1. The van der Waals surface area contributed by atoms with Gasteiger partial charge in [0, 0.05) is 51.9 Å². The summed E-state index contributed by atoms with van der Waals surface area (Å²) in [6.07, 6.45) is 7.83. The number of halogens is 1. The fourth-order valence-corrected chi connectivity index (χ4v) is 4.92. The predicted octanol–water partition coefficient (Wildman–Crippen LogP) is 1.52. The molecule has 0 amide bonds. The second-order valence-electron chi connectivity index (χ2n) is 9.18. The molecule has 10 heteroatoms. The Labute approximate surface area is 209 Å². The zero-order valence-corrected chi connectivity index (χ0v) is 22.1. The maximum Gasteiger partial charge on any atom is 0.191 e. The molecule has 2 saturated heterocycles. The highest BCUT2D eigenvalue weighted by Gasteiger charge is 2.30. The van der Waals surface area contributed by atoms with E-state index in [1.807, 2.05) is 18.5 Å². The number of rotatable bonds is 8. The fourth-order valence-electron chi connectivity index (χ4n) is 4.92. The molecule has 1 aliphatic carbocycles. The van der Waals surface area contributed by atoms with Crippen molar-refractivity contribution in [1.29, 1.82) is 0 Å². The Kier molecular flexibility index (Phi) is 10.5. The van der Waals surface area contributed by atoms with Gasteiger partial charge in [-0.05, 0) is 39.2 Å². The van der Waals surface area contributed by atoms with Crippen molar-refractivity contribution in [2.45, 2.75) is 64.1 Å². The van der Waals surface area contributed by atoms with E-state index in [9.17, 15) is 0 Å². The minimum absolute atomic E-state index is 0. The molecule has 9 nitrogen and oxygen atoms in total. The van der Waals surface area contributed by atoms with Crippen molar-refractivity contribution in [3.63, 3.8) is 0 Å². The molecular weight excluding hydrogens is 519 g/mol. The monoisotopic (exact) mass is 560 g/mol. The Bertz CT molecular complexity index is 715. The highest BCUT2D eigenvalue weighted by atomic mass is 127. The van der Waals surface area contributed by atoms with Gasteiger partial charge in [-0.3, -0.25) is 9.80 Å². The smallest absolute Gasteiger partial charge is 0.191 e. The van der Waals surface area contributed by atoms with E-state index in [-0.39, 0.29) is 24.0 Å². The minimum Gasteiger partial charge on any atom is -0.379 e. The Balaban J connectivity index is 0.00000289. The zero-order chi connectivity index (χ0) is 21.5. The van der Waals surface area contributed by atoms with Gasteiger partial charge < -0.3 is 19.9 Å². The summed E-state index contributed by atoms with van der Waals surface area (Å²) in [5.41, 5.74) is 0. The molecule has 1 atom stereocenters. The van der Waals surface area contributed by atoms with Gasteiger partial charge in [0.05, 0.1) is 13.2 Å². The zero-order valence-electron chi connectivity index (χ0n) is 19.8. The average Bonchev–Trinajstić information content (AvgIpc) is 3.53. The number of nitrogens with zero attached hydrogens (tertiary/aromatic N) is 6. The second-order valence-corrected chi connectivity index (χ2v) is 9.18. The first-order valence-corrected chi connectivity index (χ1v) is 12.1. The molecule has 0 bridgehead atoms. The summed E-state index contributed by atoms with van der Waals surface area (Å²) in [5.74, 6) is 2.72. The van der Waals surface area contributed by atoms with Gasteiger partial charge in [-0.1, -0.05) is 12.8 Å². The molecule has 3 heterocycles. The fraction of sp³-hybridized carbons (Fsp3) is 0.864. The van der Waals surface area contributed by atoms with Crippen molar-refractivity contribution in [2.75, 3.05) is 52.5 Å². The van der Waals surface area contributed by atoms with Crippen molar-refractivity contribution in [3.8, 4) is 0 Å². The number of guanidine groups is 1. The van der Waals surface area contributed by atoms with Crippen LogP contribution in [0.5, 0.6) is 0 Å². The van der Waals surface area contributed by atoms with Gasteiger partial charge in [0.2, 0.25) is 0 Å². The first-order valence-electron chi connectivity index (χ1n) is 12.1. The molecule has 3 aliphatic rings. The van der Waals surface area contributed by atoms with Crippen molar-refractivity contribution in [2.24, 2.45) is 12.0 Å². The number of morpholine rings is 1. The van der Waals surface area contributed by atoms with Crippen LogP contribution in [0.25, 0.3) is 0 Å². The lowest BCUT2D eigenvalue weighted by Gasteiger charge is -2.26. The Morgan fingerprint density at radius 3 is 2.62 bits per heavy atom. The summed E-state index contributed by atoms with van der Waals surface area (Å²) >= 11 is 0. The molecule has 0 radical (unpaired) electrons. The topological polar surface area (TPSA) is 82.8 Å². The number of nitrogens with one attached hydrogen (secondary N) is 2. The first kappa shape index (κ1) is 25.6. The van der Waals surface area contributed by atoms with Crippen molar-refractivity contribution >= 4 is 29.9 Å². The lowest BCUT2D eigenvalue weighted by Crippen LogP contribution is -2.46. The van der Waals surface area contributed by atoms with Gasteiger partial charge in [-0.15, -0.1) is 34.2 Å². The van der Waals surface area contributed by atoms with E-state index in [1.54, 1.807) is 0 Å². The molecule has 32 heavy (non-hydrogen) atoms. The predicted molar refractivity (Wildman–Crippen MR) is 138 cm³/mol. The molecule has 1 aromatic heterocycles. The van der Waals surface area contributed by atoms with Crippen LogP contribution in [0.2, 0.25) is 0 Å². The normalized spacial score (nSPS) is 23.4. The van der Waals surface area contributed by atoms with Gasteiger partial charge in [-0.25, -0.2) is 4.99 Å². The quantitative estimate of drug-likeness (QED) is 0.216. The highest BCUT2D eigenvalue weighted by Crippen LogP contribution is 2.26. The van der Waals surface area contributed by atoms with Crippen LogP contribution in [-0.2, 0) is 18.3 Å². The summed E-state index contributed by atoms with van der Waals surface area (Å²) < 4.78 is 7.46. The third-order valence-electron chi connectivity index (χ3n) is 7.01. The third kappa shape index (κ3) is 7.26. The van der Waals surface area contributed by atoms with E-state index in [1.165, 1.54) is 38.6 Å². The van der Waals surface area contributed by atoms with E-state index >= 15 is 0 Å². The van der Waals surface area contributed by atoms with Gasteiger partial charge in [0.15, 0.2) is 11.8 Å². The van der Waals surface area contributed by atoms with Crippen LogP contribution in [-0.4, -0.2) is 95.1 Å². The number of likely N-dealkylation sites (tertiary alicyclic amines) is 1. The Morgan fingerprint density at radius 1 is 1.12 bits per heavy atom. The van der Waals surface area contributed by atoms with E-state index in [0.29, 0.717) is 12.6 Å². The van der Waals surface area contributed by atoms with Crippen LogP contribution in [0.15, 0.2) is 4.99 Å². The van der Waals surface area contributed by atoms with Crippen LogP contribution in [0.3, 0.4) is 0 Å². The summed E-state index contributed by atoms with van der Waals surface area (Å²) in [7, 11) is 2.00. The number of aryl methyl sites for hydroxylation is 1. The molecule has 2 aliphatic heterocycles. The lowest BCUT2D eigenvalue weighted by molar-refractivity contribution is 0.0376. The molecule has 0 aromatic carbocycles. The number of hydrogen-bond acceptors (Lipinski definition) is 6. The van der Waals surface area contributed by atoms with Crippen molar-refractivity contribution < 1.29 is 4.74 Å². The summed E-state index contributed by atoms with van der Waals surface area (Å²) in [5, 5.41) is 15.7. The van der Waals surface area contributed by atoms with E-state index in [2.05, 4.69) is 30.6 Å². The van der Waals surface area contributed by atoms with E-state index < -0.39 is 0 Å². The minimum atomic E-state index is 0. The summed E-state index contributed by atoms with van der Waals surface area (Å²) in [4.78, 5) is 10.0. The number of aromatic nitrogens is 3. The Hall–Kier alpha value is -0.980. The van der Waals surface area contributed by atoms with Crippen molar-refractivity contribution in [3.05, 3.63) is 11.6 Å². The van der Waals surface area contributed by atoms with E-state index in [4.69, 9.17) is 9.73 Å². The molecular formula is C22H41IN8O. The standard InChI is InChI=1S/C22H40N8O.HI/c1-18-26-27-21(28(18)2)16-24-22(23-9-5-10-29-12-14-31-15-13-29)25-19-8-11-30(17-19)20-6-3-4-7-20;/h19-20H,3-17H2,1-2H3,(H2,23,24,25);1H. The number of hydrogen-bond donors (Lipinski definition) is 2. The Morgan fingerprint density at radius 2 is 1.91 bits per heavy atom. The second kappa shape index (κ2) is 13.0. The SMILES string of the molecule is Cc1nnc(CN=C(NCCCN2CCOCC2)NC2CCN(C3CCCC3)C2)n1C.I. The molecule has 3 fully saturated rings. The van der Waals surface area contributed by atoms with Crippen molar-refractivity contribution in [1.82, 2.24) is 35.2 Å². The highest BCUT2D eigenvalue weighted by molar-refractivity contribution is 14.0. The lowest BCUT2D eigenvalue weighted by atomic mass is 10.2. The van der Waals surface area contributed by atoms with Crippen LogP contribution < -0.4 is 10.6 Å². The van der Waals surface area contributed by atoms with Crippen LogP contribution in [0.1, 0.15) is 50.2 Å². The van der Waals surface area contributed by atoms with Crippen LogP contribution in [0.4, 0.5) is 0 Å². The molecule has 0 spiro atoms. The summed E-state index contributed by atoms with van der Waals surface area (Å²) in [6.45, 7) is 10.7. The van der Waals surface area contributed by atoms with Gasteiger partial charge >= 0.3 is 0 Å². The molecule has 4 rings (SSSR count). The average molecular weight is 561 g/mol. The van der Waals surface area contributed by atoms with Gasteiger partial charge in [0.1, 0.15) is 12.4 Å². The number of ether oxygens (including phenoxy) is 1. The molecule has 1 unspecified atom stereocenters. The molecule has 2 N–H and O–H groups in total. The van der Waals surface area contributed by atoms with Gasteiger partial charge in [-0.2, -0.15) is 0 Å². The van der Waals surface area contributed by atoms with Gasteiger partial charge in [0.25, 0.3) is 0 Å². The van der Waals surface area contributed by atoms with E-state index in [0.717, 1.165) is 76.0 Å². The maximum atomic E-state index is 5.45. The largest absolute Gasteiger partial charge is 0.379 e. The molecule has 182 valence electrons. The molecule has 1 saturated carbocycles. The summed E-state index contributed by atoms with van der Waals surface area (Å²) in [6, 6.07) is 1.27. The van der Waals surface area contributed by atoms with Crippen LogP contribution in [0, 0.1) is 6.92 Å². The molecule has 1 aromatic rings. The van der Waals surface area contributed by atoms with Crippen LogP contribution >= 0.6 is 24.0 Å². The maximum absolute atomic E-state index is 5.45. The third-order valence-corrected chi connectivity index (χ3v) is 7.01. The first-order chi connectivity index (χ1) is 15.2.